The number of carbonyl (C=O) groups is 1. The van der Waals surface area contributed by atoms with Crippen LogP contribution in [0.1, 0.15) is 18.1 Å². The summed E-state index contributed by atoms with van der Waals surface area (Å²) in [5.41, 5.74) is 1.21. The van der Waals surface area contributed by atoms with Gasteiger partial charge in [0.05, 0.1) is 26.9 Å². The highest BCUT2D eigenvalue weighted by Gasteiger charge is 2.50. The Morgan fingerprint density at radius 3 is 2.26 bits per heavy atom. The molecule has 7 N–H and O–H groups in total. The number of methoxy groups -OCH3 is 2. The van der Waals surface area contributed by atoms with Crippen LogP contribution in [0.4, 0.5) is 0 Å². The van der Waals surface area contributed by atoms with Crippen molar-refractivity contribution in [3.8, 4) is 23.0 Å². The number of esters is 1. The summed E-state index contributed by atoms with van der Waals surface area (Å²) in [7, 11) is 2.81. The Kier molecular flexibility index (Phi) is 12.2. The largest absolute Gasteiger partial charge is 0.504 e. The number of aliphatic hydroxyl groups is 5. The number of ether oxygens (including phenoxy) is 7. The molecule has 0 aromatic heterocycles. The number of hydrogen-bond acceptors (Lipinski definition) is 15. The van der Waals surface area contributed by atoms with Crippen LogP contribution in [-0.4, -0.2) is 131 Å². The van der Waals surface area contributed by atoms with E-state index >= 15 is 0 Å². The van der Waals surface area contributed by atoms with Gasteiger partial charge in [-0.3, -0.25) is 0 Å². The van der Waals surface area contributed by atoms with Crippen LogP contribution < -0.4 is 9.47 Å². The van der Waals surface area contributed by atoms with Crippen molar-refractivity contribution in [2.45, 2.75) is 74.8 Å². The zero-order chi connectivity index (χ0) is 33.5. The molecule has 2 fully saturated rings. The fourth-order valence-corrected chi connectivity index (χ4v) is 4.98. The van der Waals surface area contributed by atoms with Gasteiger partial charge in [-0.15, -0.1) is 0 Å². The lowest BCUT2D eigenvalue weighted by atomic mass is 9.97. The SMILES string of the molecule is COc1ccc(C=CC(=O)OCC2OC(OCCc3ccc(O)c(OC)c3)C(O)C(OC3OC(C)C(O)C(O)C3O)C2O)cc1O. The van der Waals surface area contributed by atoms with E-state index in [1.54, 1.807) is 18.2 Å². The van der Waals surface area contributed by atoms with Crippen molar-refractivity contribution in [2.75, 3.05) is 27.4 Å². The third-order valence-corrected chi connectivity index (χ3v) is 7.66. The van der Waals surface area contributed by atoms with Gasteiger partial charge >= 0.3 is 5.97 Å². The molecule has 10 unspecified atom stereocenters. The van der Waals surface area contributed by atoms with E-state index in [0.29, 0.717) is 12.0 Å². The summed E-state index contributed by atoms with van der Waals surface area (Å²) < 4.78 is 38.1. The molecule has 0 saturated carbocycles. The number of hydrogen-bond donors (Lipinski definition) is 7. The Balaban J connectivity index is 1.44. The Bertz CT molecular complexity index is 1340. The summed E-state index contributed by atoms with van der Waals surface area (Å²) in [6.45, 7) is 0.929. The second-order valence-electron chi connectivity index (χ2n) is 10.8. The lowest BCUT2D eigenvalue weighted by molar-refractivity contribution is -0.357. The average Bonchev–Trinajstić information content (AvgIpc) is 3.04. The van der Waals surface area contributed by atoms with Crippen LogP contribution in [0.15, 0.2) is 42.5 Å². The predicted molar refractivity (Wildman–Crippen MR) is 157 cm³/mol. The normalized spacial score (nSPS) is 31.5. The number of benzene rings is 2. The first kappa shape index (κ1) is 35.3. The van der Waals surface area contributed by atoms with Crippen molar-refractivity contribution in [2.24, 2.45) is 0 Å². The third-order valence-electron chi connectivity index (χ3n) is 7.66. The first-order valence-electron chi connectivity index (χ1n) is 14.5. The molecule has 46 heavy (non-hydrogen) atoms. The van der Waals surface area contributed by atoms with Gasteiger partial charge in [-0.25, -0.2) is 4.79 Å². The minimum absolute atomic E-state index is 0.00703. The molecule has 2 aromatic rings. The molecular formula is C31H40O15. The van der Waals surface area contributed by atoms with Gasteiger partial charge in [0.2, 0.25) is 0 Å². The van der Waals surface area contributed by atoms with E-state index in [2.05, 4.69) is 0 Å². The summed E-state index contributed by atoms with van der Waals surface area (Å²) >= 11 is 0. The van der Waals surface area contributed by atoms with Gasteiger partial charge in [0.1, 0.15) is 49.3 Å². The summed E-state index contributed by atoms with van der Waals surface area (Å²) in [6, 6.07) is 9.23. The van der Waals surface area contributed by atoms with Gasteiger partial charge in [-0.1, -0.05) is 12.1 Å². The lowest BCUT2D eigenvalue weighted by Crippen LogP contribution is -2.64. The topological polar surface area (TPSA) is 223 Å². The van der Waals surface area contributed by atoms with E-state index in [-0.39, 0.29) is 29.6 Å². The van der Waals surface area contributed by atoms with Crippen LogP contribution in [0.3, 0.4) is 0 Å². The number of phenolic OH excluding ortho intramolecular Hbond substituents is 2. The predicted octanol–water partition coefficient (Wildman–Crippen LogP) is -0.410. The molecule has 2 saturated heterocycles. The number of phenols is 2. The van der Waals surface area contributed by atoms with Gasteiger partial charge < -0.3 is 68.9 Å². The molecule has 0 spiro atoms. The summed E-state index contributed by atoms with van der Waals surface area (Å²) in [5.74, 6) is -0.463. The van der Waals surface area contributed by atoms with E-state index in [9.17, 15) is 40.5 Å². The first-order chi connectivity index (χ1) is 21.9. The van der Waals surface area contributed by atoms with E-state index in [4.69, 9.17) is 33.2 Å². The molecule has 2 aliphatic rings. The smallest absolute Gasteiger partial charge is 0.330 e. The third kappa shape index (κ3) is 8.44. The molecule has 2 aliphatic heterocycles. The first-order valence-corrected chi connectivity index (χ1v) is 14.5. The fraction of sp³-hybridized carbons (Fsp3) is 0.516. The molecule has 15 nitrogen and oxygen atoms in total. The van der Waals surface area contributed by atoms with Crippen LogP contribution in [0.25, 0.3) is 6.08 Å². The number of carbonyl (C=O) groups excluding carboxylic acids is 1. The quantitative estimate of drug-likeness (QED) is 0.114. The van der Waals surface area contributed by atoms with Gasteiger partial charge in [0.15, 0.2) is 35.6 Å². The average molecular weight is 653 g/mol. The zero-order valence-corrected chi connectivity index (χ0v) is 25.4. The molecule has 2 aromatic carbocycles. The Morgan fingerprint density at radius 1 is 0.826 bits per heavy atom. The van der Waals surface area contributed by atoms with Crippen molar-refractivity contribution in [1.82, 2.24) is 0 Å². The van der Waals surface area contributed by atoms with Crippen LogP contribution in [0, 0.1) is 0 Å². The number of aromatic hydroxyl groups is 2. The molecule has 0 radical (unpaired) electrons. The minimum Gasteiger partial charge on any atom is -0.504 e. The summed E-state index contributed by atoms with van der Waals surface area (Å²) in [5, 5.41) is 72.7. The fourth-order valence-electron chi connectivity index (χ4n) is 4.98. The maximum absolute atomic E-state index is 12.5. The molecule has 0 bridgehead atoms. The molecule has 10 atom stereocenters. The molecular weight excluding hydrogens is 612 g/mol. The highest BCUT2D eigenvalue weighted by Crippen LogP contribution is 2.31. The second-order valence-corrected chi connectivity index (χ2v) is 10.8. The molecule has 4 rings (SSSR count). The number of aliphatic hydroxyl groups excluding tert-OH is 5. The van der Waals surface area contributed by atoms with Crippen LogP contribution in [0.5, 0.6) is 23.0 Å². The van der Waals surface area contributed by atoms with E-state index < -0.39 is 74.0 Å². The molecule has 2 heterocycles. The molecule has 254 valence electrons. The van der Waals surface area contributed by atoms with Gasteiger partial charge in [0.25, 0.3) is 0 Å². The number of rotatable bonds is 12. The zero-order valence-electron chi connectivity index (χ0n) is 25.4. The van der Waals surface area contributed by atoms with Crippen molar-refractivity contribution in [1.29, 1.82) is 0 Å². The molecule has 15 heteroatoms. The van der Waals surface area contributed by atoms with Gasteiger partial charge in [-0.05, 0) is 54.8 Å². The van der Waals surface area contributed by atoms with E-state index in [1.165, 1.54) is 45.4 Å². The Morgan fingerprint density at radius 2 is 1.57 bits per heavy atom. The standard InChI is InChI=1S/C31H40O15/c1-15-24(35)26(37)27(38)31(44-15)46-29-25(36)22(14-43-23(34)9-6-16-5-8-20(40-2)19(33)12-16)45-30(28(29)39)42-11-10-17-4-7-18(32)21(13-17)41-3/h4-9,12-13,15,22,24-33,35-39H,10-11,14H2,1-3H3. The van der Waals surface area contributed by atoms with Crippen molar-refractivity contribution >= 4 is 12.0 Å². The second kappa shape index (κ2) is 15.9. The van der Waals surface area contributed by atoms with Crippen molar-refractivity contribution in [3.05, 3.63) is 53.6 Å². The molecule has 0 amide bonds. The highest BCUT2D eigenvalue weighted by molar-refractivity contribution is 5.87. The molecule has 0 aliphatic carbocycles. The van der Waals surface area contributed by atoms with Crippen LogP contribution in [-0.2, 0) is 34.9 Å². The summed E-state index contributed by atoms with van der Waals surface area (Å²) in [4.78, 5) is 12.5. The van der Waals surface area contributed by atoms with Crippen molar-refractivity contribution < 1.29 is 73.7 Å². The van der Waals surface area contributed by atoms with Crippen LogP contribution in [0.2, 0.25) is 0 Å². The Hall–Kier alpha value is -3.51. The lowest BCUT2D eigenvalue weighted by Gasteiger charge is -2.45. The van der Waals surface area contributed by atoms with E-state index in [0.717, 1.165) is 11.6 Å². The monoisotopic (exact) mass is 652 g/mol. The summed E-state index contributed by atoms with van der Waals surface area (Å²) in [6.07, 6.45) is -12.0. The highest BCUT2D eigenvalue weighted by atomic mass is 16.7. The minimum atomic E-state index is -1.73. The van der Waals surface area contributed by atoms with E-state index in [1.807, 2.05) is 0 Å². The Labute approximate surface area is 264 Å². The van der Waals surface area contributed by atoms with Gasteiger partial charge in [0, 0.05) is 6.08 Å². The maximum Gasteiger partial charge on any atom is 0.330 e. The van der Waals surface area contributed by atoms with Gasteiger partial charge in [-0.2, -0.15) is 0 Å². The van der Waals surface area contributed by atoms with Crippen molar-refractivity contribution in [3.63, 3.8) is 0 Å². The maximum atomic E-state index is 12.5. The van der Waals surface area contributed by atoms with Crippen LogP contribution >= 0.6 is 0 Å².